The summed E-state index contributed by atoms with van der Waals surface area (Å²) >= 11 is 0. The topological polar surface area (TPSA) is 34.6 Å². The lowest BCUT2D eigenvalue weighted by molar-refractivity contribution is -0.739. The smallest absolute Gasteiger partial charge is 0.140 e. The van der Waals surface area contributed by atoms with Crippen LogP contribution < -0.4 is 4.68 Å². The third-order valence-electron chi connectivity index (χ3n) is 5.78. The van der Waals surface area contributed by atoms with Gasteiger partial charge in [0.1, 0.15) is 10.8 Å². The number of hydrogen-bond donors (Lipinski definition) is 0. The van der Waals surface area contributed by atoms with Crippen LogP contribution in [0.2, 0.25) is 0 Å². The highest BCUT2D eigenvalue weighted by Crippen LogP contribution is 2.58. The first-order valence-corrected chi connectivity index (χ1v) is 7.90. The van der Waals surface area contributed by atoms with Gasteiger partial charge in [0.25, 0.3) is 5.82 Å². The van der Waals surface area contributed by atoms with Crippen molar-refractivity contribution in [3.63, 3.8) is 0 Å². The third kappa shape index (κ3) is 1.61. The Morgan fingerprint density at radius 3 is 2.11 bits per heavy atom. The van der Waals surface area contributed by atoms with E-state index in [1.54, 1.807) is 0 Å². The van der Waals surface area contributed by atoms with Crippen molar-refractivity contribution >= 4 is 0 Å². The minimum Gasteiger partial charge on any atom is -0.140 e. The Hall–Kier alpha value is -0.930. The van der Waals surface area contributed by atoms with Gasteiger partial charge in [-0.2, -0.15) is 0 Å². The van der Waals surface area contributed by atoms with Crippen LogP contribution in [-0.4, -0.2) is 15.1 Å². The Kier molecular flexibility index (Phi) is 2.37. The van der Waals surface area contributed by atoms with E-state index in [2.05, 4.69) is 29.0 Å². The lowest BCUT2D eigenvalue weighted by Crippen LogP contribution is -2.53. The molecule has 4 saturated carbocycles. The molecular weight excluding hydrogens is 236 g/mol. The maximum atomic E-state index is 4.56. The van der Waals surface area contributed by atoms with Gasteiger partial charge in [0.05, 0.1) is 7.05 Å². The Bertz CT molecular complexity index is 467. The van der Waals surface area contributed by atoms with Crippen LogP contribution in [0, 0.1) is 17.8 Å². The number of aromatic nitrogens is 4. The molecule has 1 aromatic rings. The fourth-order valence-electron chi connectivity index (χ4n) is 5.61. The Morgan fingerprint density at radius 2 is 1.63 bits per heavy atom. The van der Waals surface area contributed by atoms with Gasteiger partial charge in [-0.15, -0.1) is 4.68 Å². The molecule has 0 radical (unpaired) electrons. The molecule has 4 fully saturated rings. The zero-order valence-electron chi connectivity index (χ0n) is 12.3. The van der Waals surface area contributed by atoms with Crippen LogP contribution in [0.15, 0.2) is 0 Å². The number of tetrazole rings is 1. The molecule has 0 unspecified atom stereocenters. The van der Waals surface area contributed by atoms with E-state index in [0.717, 1.165) is 17.8 Å². The molecule has 0 saturated heterocycles. The first-order chi connectivity index (χ1) is 9.07. The molecule has 1 heterocycles. The predicted molar refractivity (Wildman–Crippen MR) is 71.4 cm³/mol. The molecule has 4 aliphatic rings. The second kappa shape index (κ2) is 3.80. The van der Waals surface area contributed by atoms with Gasteiger partial charge < -0.3 is 0 Å². The van der Waals surface area contributed by atoms with Gasteiger partial charge >= 0.3 is 0 Å². The second-order valence-electron chi connectivity index (χ2n) is 7.67. The van der Waals surface area contributed by atoms with Crippen molar-refractivity contribution in [2.75, 3.05) is 0 Å². The van der Waals surface area contributed by atoms with Crippen molar-refractivity contribution in [3.8, 4) is 0 Å². The quantitative estimate of drug-likeness (QED) is 0.765. The minimum atomic E-state index is 0.308. The van der Waals surface area contributed by atoms with Crippen LogP contribution in [0.5, 0.6) is 0 Å². The van der Waals surface area contributed by atoms with Crippen LogP contribution in [0.4, 0.5) is 0 Å². The first kappa shape index (κ1) is 11.9. The number of aryl methyl sites for hydroxylation is 1. The summed E-state index contributed by atoms with van der Waals surface area (Å²) in [6, 6.07) is 0. The van der Waals surface area contributed by atoms with Crippen molar-refractivity contribution in [1.29, 1.82) is 0 Å². The third-order valence-corrected chi connectivity index (χ3v) is 5.78. The van der Waals surface area contributed by atoms with E-state index in [-0.39, 0.29) is 0 Å². The van der Waals surface area contributed by atoms with Gasteiger partial charge in [-0.25, -0.2) is 0 Å². The van der Waals surface area contributed by atoms with E-state index >= 15 is 0 Å². The lowest BCUT2D eigenvalue weighted by Gasteiger charge is -2.54. The molecule has 1 aromatic heterocycles. The number of rotatable bonds is 2. The van der Waals surface area contributed by atoms with Crippen LogP contribution in [0.3, 0.4) is 0 Å². The highest BCUT2D eigenvalue weighted by Gasteiger charge is 2.56. The summed E-state index contributed by atoms with van der Waals surface area (Å²) in [4.78, 5) is 0. The molecule has 4 heteroatoms. The molecule has 0 aliphatic heterocycles. The average molecular weight is 261 g/mol. The fourth-order valence-corrected chi connectivity index (χ4v) is 5.61. The second-order valence-corrected chi connectivity index (χ2v) is 7.67. The van der Waals surface area contributed by atoms with E-state index in [4.69, 9.17) is 0 Å². The van der Waals surface area contributed by atoms with Gasteiger partial charge in [0, 0.05) is 5.92 Å². The van der Waals surface area contributed by atoms with Gasteiger partial charge in [0.2, 0.25) is 0 Å². The SMILES string of the molecule is CC(C)c1n(C23CC4CC(CC(C4)C2)C3)nn[n+]1C. The monoisotopic (exact) mass is 261 g/mol. The van der Waals surface area contributed by atoms with Gasteiger partial charge in [-0.05, 0) is 56.3 Å². The molecule has 5 rings (SSSR count). The Morgan fingerprint density at radius 1 is 1.11 bits per heavy atom. The molecule has 0 spiro atoms. The zero-order chi connectivity index (χ0) is 13.2. The molecule has 4 nitrogen and oxygen atoms in total. The molecule has 104 valence electrons. The number of nitrogens with zero attached hydrogens (tertiary/aromatic N) is 4. The molecule has 19 heavy (non-hydrogen) atoms. The zero-order valence-corrected chi connectivity index (χ0v) is 12.3. The molecular formula is C15H25N4+. The normalized spacial score (nSPS) is 40.3. The van der Waals surface area contributed by atoms with E-state index in [9.17, 15) is 0 Å². The molecule has 0 N–H and O–H groups in total. The van der Waals surface area contributed by atoms with Crippen LogP contribution in [0.1, 0.15) is 64.1 Å². The summed E-state index contributed by atoms with van der Waals surface area (Å²) in [7, 11) is 2.04. The summed E-state index contributed by atoms with van der Waals surface area (Å²) in [6.07, 6.45) is 8.50. The van der Waals surface area contributed by atoms with Gasteiger partial charge in [0.15, 0.2) is 5.21 Å². The molecule has 0 amide bonds. The van der Waals surface area contributed by atoms with Crippen LogP contribution in [0.25, 0.3) is 0 Å². The minimum absolute atomic E-state index is 0.308. The van der Waals surface area contributed by atoms with E-state index in [1.807, 2.05) is 11.7 Å². The van der Waals surface area contributed by atoms with Gasteiger partial charge in [-0.3, -0.25) is 0 Å². The van der Waals surface area contributed by atoms with Crippen molar-refractivity contribution < 1.29 is 4.68 Å². The summed E-state index contributed by atoms with van der Waals surface area (Å²) < 4.78 is 4.32. The molecule has 0 atom stereocenters. The van der Waals surface area contributed by atoms with Crippen LogP contribution in [-0.2, 0) is 12.6 Å². The van der Waals surface area contributed by atoms with Crippen molar-refractivity contribution in [1.82, 2.24) is 15.1 Å². The van der Waals surface area contributed by atoms with Crippen molar-refractivity contribution in [3.05, 3.63) is 5.82 Å². The maximum absolute atomic E-state index is 4.56. The lowest BCUT2D eigenvalue weighted by atomic mass is 9.53. The molecule has 4 aliphatic carbocycles. The summed E-state index contributed by atoms with van der Waals surface area (Å²) in [5.74, 6) is 4.68. The summed E-state index contributed by atoms with van der Waals surface area (Å²) in [6.45, 7) is 4.52. The fraction of sp³-hybridized carbons (Fsp3) is 0.933. The van der Waals surface area contributed by atoms with Crippen molar-refractivity contribution in [2.24, 2.45) is 24.8 Å². The maximum Gasteiger partial charge on any atom is 0.259 e. The summed E-state index contributed by atoms with van der Waals surface area (Å²) in [5.41, 5.74) is 0.308. The van der Waals surface area contributed by atoms with E-state index in [0.29, 0.717) is 11.5 Å². The Balaban J connectivity index is 1.80. The summed E-state index contributed by atoms with van der Waals surface area (Å²) in [5, 5.41) is 8.88. The van der Waals surface area contributed by atoms with E-state index in [1.165, 1.54) is 44.3 Å². The number of hydrogen-bond acceptors (Lipinski definition) is 2. The van der Waals surface area contributed by atoms with E-state index < -0.39 is 0 Å². The van der Waals surface area contributed by atoms with Crippen molar-refractivity contribution in [2.45, 2.75) is 63.8 Å². The van der Waals surface area contributed by atoms with Crippen LogP contribution >= 0.6 is 0 Å². The largest absolute Gasteiger partial charge is 0.259 e. The highest BCUT2D eigenvalue weighted by atomic mass is 15.6. The average Bonchev–Trinajstić information content (AvgIpc) is 2.70. The predicted octanol–water partition coefficient (Wildman–Crippen LogP) is 2.15. The van der Waals surface area contributed by atoms with Gasteiger partial charge in [-0.1, -0.05) is 18.5 Å². The molecule has 0 aromatic carbocycles. The highest BCUT2D eigenvalue weighted by molar-refractivity contribution is 5.06. The molecule has 4 bridgehead atoms. The standard InChI is InChI=1S/C15H25N4/c1-10(2)14-18(3)16-17-19(14)15-7-11-4-12(8-15)6-13(5-11)9-15/h10-13H,4-9H2,1-3H3/q+1. The first-order valence-electron chi connectivity index (χ1n) is 7.90. The Labute approximate surface area is 115 Å².